The van der Waals surface area contributed by atoms with Crippen LogP contribution in [0.2, 0.25) is 0 Å². The summed E-state index contributed by atoms with van der Waals surface area (Å²) in [5.41, 5.74) is 5.93. The molecule has 4 nitrogen and oxygen atoms in total. The van der Waals surface area contributed by atoms with Gasteiger partial charge in [-0.05, 0) is 56.9 Å². The summed E-state index contributed by atoms with van der Waals surface area (Å²) >= 11 is 3.40. The summed E-state index contributed by atoms with van der Waals surface area (Å²) in [7, 11) is 0. The van der Waals surface area contributed by atoms with E-state index in [2.05, 4.69) is 22.9 Å². The van der Waals surface area contributed by atoms with E-state index in [0.717, 1.165) is 42.5 Å². The van der Waals surface area contributed by atoms with Crippen molar-refractivity contribution in [1.29, 1.82) is 0 Å². The molecule has 22 heavy (non-hydrogen) atoms. The van der Waals surface area contributed by atoms with Crippen molar-refractivity contribution in [3.63, 3.8) is 0 Å². The Hall–Kier alpha value is -1.07. The van der Waals surface area contributed by atoms with Crippen LogP contribution in [0.15, 0.2) is 28.7 Å². The molecule has 2 unspecified atom stereocenters. The van der Waals surface area contributed by atoms with Crippen molar-refractivity contribution in [3.05, 3.63) is 28.7 Å². The van der Waals surface area contributed by atoms with E-state index in [1.54, 1.807) is 0 Å². The third kappa shape index (κ3) is 5.29. The minimum Gasteiger partial charge on any atom is -0.494 e. The van der Waals surface area contributed by atoms with Gasteiger partial charge in [0.1, 0.15) is 5.75 Å². The maximum atomic E-state index is 12.2. The Labute approximate surface area is 141 Å². The number of unbranched alkanes of at least 4 members (excludes halogenated alkanes) is 1. The molecule has 0 aliphatic carbocycles. The van der Waals surface area contributed by atoms with Crippen molar-refractivity contribution in [1.82, 2.24) is 4.90 Å². The molecule has 1 fully saturated rings. The molecule has 0 aromatic heterocycles. The Morgan fingerprint density at radius 3 is 2.77 bits per heavy atom. The normalized spacial score (nSPS) is 21.7. The first-order valence-corrected chi connectivity index (χ1v) is 8.79. The van der Waals surface area contributed by atoms with Gasteiger partial charge in [0.2, 0.25) is 5.91 Å². The zero-order chi connectivity index (χ0) is 15.9. The van der Waals surface area contributed by atoms with Crippen molar-refractivity contribution >= 4 is 21.8 Å². The fraction of sp³-hybridized carbons (Fsp3) is 0.588. The molecular formula is C17H25BrN2O2. The molecule has 122 valence electrons. The number of carbonyl (C=O) groups excluding carboxylic acids is 1. The minimum absolute atomic E-state index is 0.248. The highest BCUT2D eigenvalue weighted by Crippen LogP contribution is 2.18. The van der Waals surface area contributed by atoms with Crippen molar-refractivity contribution in [2.75, 3.05) is 13.2 Å². The first-order valence-electron chi connectivity index (χ1n) is 7.99. The van der Waals surface area contributed by atoms with E-state index in [1.165, 1.54) is 0 Å². The van der Waals surface area contributed by atoms with Crippen LogP contribution in [0.3, 0.4) is 0 Å². The van der Waals surface area contributed by atoms with Gasteiger partial charge in [0.15, 0.2) is 0 Å². The summed E-state index contributed by atoms with van der Waals surface area (Å²) in [5, 5.41) is 0. The lowest BCUT2D eigenvalue weighted by atomic mass is 9.98. The minimum atomic E-state index is 0.248. The predicted octanol–water partition coefficient (Wildman–Crippen LogP) is 3.34. The van der Waals surface area contributed by atoms with Gasteiger partial charge in [-0.1, -0.05) is 15.9 Å². The number of halogens is 1. The highest BCUT2D eigenvalue weighted by molar-refractivity contribution is 9.10. The van der Waals surface area contributed by atoms with Crippen molar-refractivity contribution in [2.45, 2.75) is 51.1 Å². The van der Waals surface area contributed by atoms with E-state index in [4.69, 9.17) is 10.5 Å². The van der Waals surface area contributed by atoms with Gasteiger partial charge in [0, 0.05) is 29.5 Å². The third-order valence-electron chi connectivity index (χ3n) is 4.10. The number of nitrogens with two attached hydrogens (primary N) is 1. The van der Waals surface area contributed by atoms with Crippen LogP contribution in [0.1, 0.15) is 39.0 Å². The number of carbonyl (C=O) groups is 1. The average molecular weight is 369 g/mol. The lowest BCUT2D eigenvalue weighted by Crippen LogP contribution is -2.48. The number of rotatable bonds is 6. The quantitative estimate of drug-likeness (QED) is 0.783. The van der Waals surface area contributed by atoms with E-state index < -0.39 is 0 Å². The van der Waals surface area contributed by atoms with Crippen LogP contribution in [0.5, 0.6) is 5.75 Å². The Kier molecular flexibility index (Phi) is 6.70. The second-order valence-electron chi connectivity index (χ2n) is 5.98. The molecule has 1 heterocycles. The summed E-state index contributed by atoms with van der Waals surface area (Å²) in [4.78, 5) is 14.2. The summed E-state index contributed by atoms with van der Waals surface area (Å²) in [6, 6.07) is 8.32. The number of nitrogens with zero attached hydrogens (tertiary/aromatic N) is 1. The fourth-order valence-corrected chi connectivity index (χ4v) is 3.09. The Bertz CT molecular complexity index is 478. The van der Waals surface area contributed by atoms with Crippen LogP contribution in [0.25, 0.3) is 0 Å². The van der Waals surface area contributed by atoms with E-state index >= 15 is 0 Å². The van der Waals surface area contributed by atoms with Crippen LogP contribution in [0, 0.1) is 0 Å². The smallest absolute Gasteiger partial charge is 0.222 e. The number of likely N-dealkylation sites (tertiary alicyclic amines) is 1. The van der Waals surface area contributed by atoms with E-state index in [9.17, 15) is 4.79 Å². The Balaban J connectivity index is 1.62. The SMILES string of the molecule is CC1CC(N)CCN1C(=O)CCCCOc1ccc(Br)cc1. The third-order valence-corrected chi connectivity index (χ3v) is 4.63. The number of ether oxygens (including phenoxy) is 1. The van der Waals surface area contributed by atoms with Crippen LogP contribution in [-0.2, 0) is 4.79 Å². The van der Waals surface area contributed by atoms with Gasteiger partial charge in [-0.25, -0.2) is 0 Å². The molecular weight excluding hydrogens is 344 g/mol. The highest BCUT2D eigenvalue weighted by atomic mass is 79.9. The van der Waals surface area contributed by atoms with Crippen molar-refractivity contribution in [2.24, 2.45) is 5.73 Å². The second kappa shape index (κ2) is 8.53. The second-order valence-corrected chi connectivity index (χ2v) is 6.90. The van der Waals surface area contributed by atoms with Gasteiger partial charge in [-0.3, -0.25) is 4.79 Å². The van der Waals surface area contributed by atoms with E-state index in [-0.39, 0.29) is 18.0 Å². The zero-order valence-corrected chi connectivity index (χ0v) is 14.7. The molecule has 0 spiro atoms. The van der Waals surface area contributed by atoms with Gasteiger partial charge in [-0.15, -0.1) is 0 Å². The summed E-state index contributed by atoms with van der Waals surface area (Å²) in [6.45, 7) is 3.54. The van der Waals surface area contributed by atoms with Gasteiger partial charge in [0.05, 0.1) is 6.61 Å². The highest BCUT2D eigenvalue weighted by Gasteiger charge is 2.26. The summed E-state index contributed by atoms with van der Waals surface area (Å²) in [5.74, 6) is 1.12. The molecule has 0 saturated carbocycles. The molecule has 1 saturated heterocycles. The molecule has 5 heteroatoms. The number of hydrogen-bond donors (Lipinski definition) is 1. The van der Waals surface area contributed by atoms with Crippen molar-refractivity contribution < 1.29 is 9.53 Å². The van der Waals surface area contributed by atoms with Gasteiger partial charge in [-0.2, -0.15) is 0 Å². The maximum Gasteiger partial charge on any atom is 0.222 e. The lowest BCUT2D eigenvalue weighted by Gasteiger charge is -2.36. The maximum absolute atomic E-state index is 12.2. The fourth-order valence-electron chi connectivity index (χ4n) is 2.82. The standard InChI is InChI=1S/C17H25BrN2O2/c1-13-12-15(19)9-10-20(13)17(21)4-2-3-11-22-16-7-5-14(18)6-8-16/h5-8,13,15H,2-4,9-12,19H2,1H3. The first kappa shape index (κ1) is 17.3. The molecule has 2 N–H and O–H groups in total. The largest absolute Gasteiger partial charge is 0.494 e. The number of piperidine rings is 1. The van der Waals surface area contributed by atoms with Crippen LogP contribution < -0.4 is 10.5 Å². The van der Waals surface area contributed by atoms with Gasteiger partial charge < -0.3 is 15.4 Å². The molecule has 1 aliphatic heterocycles. The topological polar surface area (TPSA) is 55.6 Å². The Morgan fingerprint density at radius 1 is 1.36 bits per heavy atom. The molecule has 2 rings (SSSR count). The number of amides is 1. The van der Waals surface area contributed by atoms with E-state index in [0.29, 0.717) is 13.0 Å². The van der Waals surface area contributed by atoms with Crippen molar-refractivity contribution in [3.8, 4) is 5.75 Å². The van der Waals surface area contributed by atoms with Crippen LogP contribution in [-0.4, -0.2) is 36.0 Å². The monoisotopic (exact) mass is 368 g/mol. The zero-order valence-electron chi connectivity index (χ0n) is 13.1. The molecule has 2 atom stereocenters. The molecule has 0 radical (unpaired) electrons. The van der Waals surface area contributed by atoms with Gasteiger partial charge in [0.25, 0.3) is 0 Å². The molecule has 1 aliphatic rings. The summed E-state index contributed by atoms with van der Waals surface area (Å²) < 4.78 is 6.70. The van der Waals surface area contributed by atoms with Crippen LogP contribution in [0.4, 0.5) is 0 Å². The molecule has 1 aromatic rings. The molecule has 1 aromatic carbocycles. The summed E-state index contributed by atoms with van der Waals surface area (Å²) in [6.07, 6.45) is 4.19. The Morgan fingerprint density at radius 2 is 2.09 bits per heavy atom. The first-order chi connectivity index (χ1) is 10.6. The predicted molar refractivity (Wildman–Crippen MR) is 91.9 cm³/mol. The van der Waals surface area contributed by atoms with Crippen LogP contribution >= 0.6 is 15.9 Å². The van der Waals surface area contributed by atoms with E-state index in [1.807, 2.05) is 29.2 Å². The lowest BCUT2D eigenvalue weighted by molar-refractivity contribution is -0.134. The number of hydrogen-bond acceptors (Lipinski definition) is 3. The number of benzene rings is 1. The van der Waals surface area contributed by atoms with Gasteiger partial charge >= 0.3 is 0 Å². The average Bonchev–Trinajstić information content (AvgIpc) is 2.48. The molecule has 0 bridgehead atoms. The molecule has 1 amide bonds.